The molecule has 0 radical (unpaired) electrons. The van der Waals surface area contributed by atoms with Crippen molar-refractivity contribution < 1.29 is 4.74 Å². The third-order valence-corrected chi connectivity index (χ3v) is 2.78. The van der Waals surface area contributed by atoms with E-state index in [1.165, 1.54) is 5.56 Å². The number of likely N-dealkylation sites (tertiary alicyclic amines) is 1. The number of terminal acetylenes is 1. The molecule has 0 saturated carbocycles. The molecule has 0 unspecified atom stereocenters. The molecule has 1 aliphatic rings. The summed E-state index contributed by atoms with van der Waals surface area (Å²) in [6.07, 6.45) is 5.72. The van der Waals surface area contributed by atoms with Gasteiger partial charge in [-0.15, -0.1) is 6.42 Å². The van der Waals surface area contributed by atoms with Crippen molar-refractivity contribution in [1.29, 1.82) is 0 Å². The fourth-order valence-corrected chi connectivity index (χ4v) is 1.77. The predicted molar refractivity (Wildman–Crippen MR) is 60.5 cm³/mol. The first-order valence-corrected chi connectivity index (χ1v) is 5.12. The van der Waals surface area contributed by atoms with Gasteiger partial charge in [0, 0.05) is 32.3 Å². The minimum atomic E-state index is 0.426. The Morgan fingerprint density at radius 1 is 1.40 bits per heavy atom. The largest absolute Gasteiger partial charge is 0.379 e. The maximum absolute atomic E-state index is 5.30. The minimum Gasteiger partial charge on any atom is -0.379 e. The van der Waals surface area contributed by atoms with Crippen molar-refractivity contribution in [3.63, 3.8) is 0 Å². The topological polar surface area (TPSA) is 12.5 Å². The van der Waals surface area contributed by atoms with E-state index in [9.17, 15) is 0 Å². The SMILES string of the molecule is C#Cc1ccc(CN2CC(OC)C2)cc1. The van der Waals surface area contributed by atoms with Crippen LogP contribution in [0.5, 0.6) is 0 Å². The van der Waals surface area contributed by atoms with Gasteiger partial charge in [-0.2, -0.15) is 0 Å². The third-order valence-electron chi connectivity index (χ3n) is 2.78. The zero-order valence-corrected chi connectivity index (χ0v) is 8.94. The van der Waals surface area contributed by atoms with Gasteiger partial charge in [0.05, 0.1) is 6.10 Å². The highest BCUT2D eigenvalue weighted by Gasteiger charge is 2.25. The van der Waals surface area contributed by atoms with Crippen LogP contribution in [0.4, 0.5) is 0 Å². The Kier molecular flexibility index (Phi) is 3.05. The Morgan fingerprint density at radius 3 is 2.60 bits per heavy atom. The monoisotopic (exact) mass is 201 g/mol. The summed E-state index contributed by atoms with van der Waals surface area (Å²) in [5.41, 5.74) is 2.25. The predicted octanol–water partition coefficient (Wildman–Crippen LogP) is 1.50. The van der Waals surface area contributed by atoms with E-state index in [4.69, 9.17) is 11.2 Å². The average Bonchev–Trinajstić information content (AvgIpc) is 2.23. The molecule has 1 saturated heterocycles. The Bertz CT molecular complexity index is 357. The zero-order valence-electron chi connectivity index (χ0n) is 8.94. The van der Waals surface area contributed by atoms with Crippen LogP contribution in [0.3, 0.4) is 0 Å². The number of rotatable bonds is 3. The first-order chi connectivity index (χ1) is 7.31. The summed E-state index contributed by atoms with van der Waals surface area (Å²) in [4.78, 5) is 2.36. The molecular weight excluding hydrogens is 186 g/mol. The molecule has 1 heterocycles. The van der Waals surface area contributed by atoms with E-state index in [0.717, 1.165) is 25.2 Å². The molecule has 1 aliphatic heterocycles. The van der Waals surface area contributed by atoms with E-state index in [1.807, 2.05) is 12.1 Å². The molecule has 2 rings (SSSR count). The highest BCUT2D eigenvalue weighted by molar-refractivity contribution is 5.34. The van der Waals surface area contributed by atoms with Crippen LogP contribution in [-0.2, 0) is 11.3 Å². The molecule has 0 amide bonds. The zero-order chi connectivity index (χ0) is 10.7. The van der Waals surface area contributed by atoms with Crippen LogP contribution in [0, 0.1) is 12.3 Å². The molecule has 15 heavy (non-hydrogen) atoms. The van der Waals surface area contributed by atoms with Gasteiger partial charge in [-0.1, -0.05) is 18.1 Å². The maximum Gasteiger partial charge on any atom is 0.0825 e. The summed E-state index contributed by atoms with van der Waals surface area (Å²) in [6.45, 7) is 3.06. The lowest BCUT2D eigenvalue weighted by atomic mass is 10.1. The maximum atomic E-state index is 5.30. The lowest BCUT2D eigenvalue weighted by Crippen LogP contribution is -2.50. The van der Waals surface area contributed by atoms with E-state index in [2.05, 4.69) is 23.0 Å². The van der Waals surface area contributed by atoms with Gasteiger partial charge in [0.25, 0.3) is 0 Å². The number of benzene rings is 1. The van der Waals surface area contributed by atoms with Gasteiger partial charge in [-0.3, -0.25) is 4.90 Å². The second-order valence-corrected chi connectivity index (χ2v) is 3.89. The number of ether oxygens (including phenoxy) is 1. The van der Waals surface area contributed by atoms with Crippen LogP contribution < -0.4 is 0 Å². The van der Waals surface area contributed by atoms with Crippen LogP contribution in [0.15, 0.2) is 24.3 Å². The summed E-state index contributed by atoms with van der Waals surface area (Å²) in [5.74, 6) is 2.62. The summed E-state index contributed by atoms with van der Waals surface area (Å²) in [5, 5.41) is 0. The van der Waals surface area contributed by atoms with Crippen molar-refractivity contribution in [2.24, 2.45) is 0 Å². The molecular formula is C13H15NO. The molecule has 0 spiro atoms. The third kappa shape index (κ3) is 2.38. The second-order valence-electron chi connectivity index (χ2n) is 3.89. The van der Waals surface area contributed by atoms with Crippen LogP contribution in [-0.4, -0.2) is 31.2 Å². The molecule has 0 N–H and O–H groups in total. The molecule has 0 aliphatic carbocycles. The first-order valence-electron chi connectivity index (χ1n) is 5.12. The second kappa shape index (κ2) is 4.48. The van der Waals surface area contributed by atoms with Crippen molar-refractivity contribution in [3.05, 3.63) is 35.4 Å². The highest BCUT2D eigenvalue weighted by Crippen LogP contribution is 2.15. The first kappa shape index (κ1) is 10.2. The van der Waals surface area contributed by atoms with E-state index in [-0.39, 0.29) is 0 Å². The Morgan fingerprint density at radius 2 is 2.07 bits per heavy atom. The average molecular weight is 201 g/mol. The van der Waals surface area contributed by atoms with Crippen LogP contribution in [0.2, 0.25) is 0 Å². The van der Waals surface area contributed by atoms with Crippen molar-refractivity contribution in [3.8, 4) is 12.3 Å². The molecule has 0 bridgehead atoms. The number of hydrogen-bond acceptors (Lipinski definition) is 2. The Hall–Kier alpha value is -1.30. The Balaban J connectivity index is 1.87. The quantitative estimate of drug-likeness (QED) is 0.687. The highest BCUT2D eigenvalue weighted by atomic mass is 16.5. The fourth-order valence-electron chi connectivity index (χ4n) is 1.77. The minimum absolute atomic E-state index is 0.426. The number of methoxy groups -OCH3 is 1. The molecule has 1 aromatic carbocycles. The lowest BCUT2D eigenvalue weighted by molar-refractivity contribution is -0.0333. The van der Waals surface area contributed by atoms with Crippen molar-refractivity contribution >= 4 is 0 Å². The van der Waals surface area contributed by atoms with Crippen molar-refractivity contribution in [2.45, 2.75) is 12.6 Å². The van der Waals surface area contributed by atoms with Gasteiger partial charge < -0.3 is 4.74 Å². The van der Waals surface area contributed by atoms with E-state index >= 15 is 0 Å². The molecule has 2 nitrogen and oxygen atoms in total. The molecule has 0 atom stereocenters. The van der Waals surface area contributed by atoms with Crippen LogP contribution >= 0.6 is 0 Å². The molecule has 2 heteroatoms. The lowest BCUT2D eigenvalue weighted by Gasteiger charge is -2.38. The van der Waals surface area contributed by atoms with Crippen LogP contribution in [0.25, 0.3) is 0 Å². The Labute approximate surface area is 90.9 Å². The standard InChI is InChI=1S/C13H15NO/c1-3-11-4-6-12(7-5-11)8-14-9-13(10-14)15-2/h1,4-7,13H,8-10H2,2H3. The molecule has 78 valence electrons. The van der Waals surface area contributed by atoms with Crippen molar-refractivity contribution in [1.82, 2.24) is 4.90 Å². The molecule has 0 aromatic heterocycles. The van der Waals surface area contributed by atoms with Gasteiger partial charge in [0.2, 0.25) is 0 Å². The fraction of sp³-hybridized carbons (Fsp3) is 0.385. The number of hydrogen-bond donors (Lipinski definition) is 0. The van der Waals surface area contributed by atoms with Crippen LogP contribution in [0.1, 0.15) is 11.1 Å². The number of nitrogens with zero attached hydrogens (tertiary/aromatic N) is 1. The van der Waals surface area contributed by atoms with E-state index in [1.54, 1.807) is 7.11 Å². The van der Waals surface area contributed by atoms with E-state index in [0.29, 0.717) is 6.10 Å². The summed E-state index contributed by atoms with van der Waals surface area (Å²) < 4.78 is 5.22. The van der Waals surface area contributed by atoms with Gasteiger partial charge in [0.15, 0.2) is 0 Å². The summed E-state index contributed by atoms with van der Waals surface area (Å²) in [6, 6.07) is 8.16. The normalized spacial score (nSPS) is 17.1. The van der Waals surface area contributed by atoms with Gasteiger partial charge >= 0.3 is 0 Å². The van der Waals surface area contributed by atoms with Gasteiger partial charge in [-0.05, 0) is 17.7 Å². The summed E-state index contributed by atoms with van der Waals surface area (Å²) >= 11 is 0. The van der Waals surface area contributed by atoms with Gasteiger partial charge in [0.1, 0.15) is 0 Å². The van der Waals surface area contributed by atoms with Crippen molar-refractivity contribution in [2.75, 3.05) is 20.2 Å². The van der Waals surface area contributed by atoms with E-state index < -0.39 is 0 Å². The molecule has 1 aromatic rings. The summed E-state index contributed by atoms with van der Waals surface area (Å²) in [7, 11) is 1.77. The smallest absolute Gasteiger partial charge is 0.0825 e. The molecule has 1 fully saturated rings. The van der Waals surface area contributed by atoms with Gasteiger partial charge in [-0.25, -0.2) is 0 Å².